The van der Waals surface area contributed by atoms with Gasteiger partial charge < -0.3 is 25.2 Å². The van der Waals surface area contributed by atoms with Crippen LogP contribution in [0, 0.1) is 29.5 Å². The van der Waals surface area contributed by atoms with E-state index in [-0.39, 0.29) is 46.7 Å². The third-order valence-electron chi connectivity index (χ3n) is 8.21. The van der Waals surface area contributed by atoms with Crippen molar-refractivity contribution in [1.29, 1.82) is 0 Å². The van der Waals surface area contributed by atoms with Gasteiger partial charge in [-0.25, -0.2) is 4.39 Å². The number of nitrogens with one attached hydrogen (secondary N) is 2. The van der Waals surface area contributed by atoms with Crippen LogP contribution in [0.3, 0.4) is 0 Å². The number of carboxylic acids is 1. The number of aliphatic carboxylic acids is 1. The number of nitrogens with zero attached hydrogens (tertiary/aromatic N) is 2. The lowest BCUT2D eigenvalue weighted by molar-refractivity contribution is -0.143. The number of hydrogen-bond acceptors (Lipinski definition) is 7. The number of amides is 2. The molecule has 0 saturated heterocycles. The van der Waals surface area contributed by atoms with Gasteiger partial charge in [-0.05, 0) is 62.8 Å². The SMILES string of the molecule is COc1cc(F)c(OC2CCC(C(=O)O)CC2)cc1C(=O)N[C@@H]1[C@H]2CC[C@H](C2)[C@@H]1C(=O)Nc1cc(Cl)cnn1. The summed E-state index contributed by atoms with van der Waals surface area (Å²) in [5, 5.41) is 23.0. The first-order valence-corrected chi connectivity index (χ1v) is 13.5. The first kappa shape index (κ1) is 27.1. The van der Waals surface area contributed by atoms with Gasteiger partial charge in [0.1, 0.15) is 5.75 Å². The molecule has 3 aliphatic carbocycles. The lowest BCUT2D eigenvalue weighted by Gasteiger charge is -2.31. The molecule has 3 N–H and O–H groups in total. The minimum Gasteiger partial charge on any atom is -0.496 e. The van der Waals surface area contributed by atoms with E-state index < -0.39 is 35.6 Å². The Labute approximate surface area is 229 Å². The maximum Gasteiger partial charge on any atom is 0.306 e. The van der Waals surface area contributed by atoms with Gasteiger partial charge in [-0.3, -0.25) is 14.4 Å². The highest BCUT2D eigenvalue weighted by molar-refractivity contribution is 6.30. The molecular weight excluding hydrogens is 531 g/mol. The molecular formula is C27H30ClFN4O6. The molecule has 39 heavy (non-hydrogen) atoms. The molecule has 3 fully saturated rings. The first-order valence-electron chi connectivity index (χ1n) is 13.1. The normalized spacial score (nSPS) is 27.6. The minimum absolute atomic E-state index is 0.0466. The Balaban J connectivity index is 1.31. The molecule has 208 valence electrons. The average Bonchev–Trinajstić information content (AvgIpc) is 3.52. The molecule has 1 aromatic heterocycles. The van der Waals surface area contributed by atoms with Crippen LogP contribution < -0.4 is 20.1 Å². The predicted molar refractivity (Wildman–Crippen MR) is 138 cm³/mol. The lowest BCUT2D eigenvalue weighted by atomic mass is 9.83. The lowest BCUT2D eigenvalue weighted by Crippen LogP contribution is -2.48. The van der Waals surface area contributed by atoms with Crippen molar-refractivity contribution in [3.05, 3.63) is 40.8 Å². The molecule has 3 aliphatic rings. The molecule has 3 saturated carbocycles. The Morgan fingerprint density at radius 3 is 2.49 bits per heavy atom. The van der Waals surface area contributed by atoms with E-state index in [4.69, 9.17) is 21.1 Å². The standard InChI is InChI=1S/C27H30ClFN4O6/c1-38-20-11-19(29)21(39-17-6-4-13(5-7-17)27(36)37)10-18(20)25(34)32-24-15-3-2-14(8-15)23(24)26(35)31-22-9-16(28)12-30-33-22/h9-15,17,23-24H,2-8H2,1H3,(H,32,34)(H,36,37)(H,31,33,35)/t13?,14-,15+,17?,23+,24-/m1/s1. The molecule has 5 rings (SSSR count). The molecule has 1 heterocycles. The number of fused-ring (bicyclic) bond motifs is 2. The summed E-state index contributed by atoms with van der Waals surface area (Å²) < 4.78 is 26.0. The summed E-state index contributed by atoms with van der Waals surface area (Å²) in [6.45, 7) is 0. The predicted octanol–water partition coefficient (Wildman–Crippen LogP) is 4.08. The van der Waals surface area contributed by atoms with Crippen molar-refractivity contribution in [3.8, 4) is 11.5 Å². The highest BCUT2D eigenvalue weighted by atomic mass is 35.5. The topological polar surface area (TPSA) is 140 Å². The summed E-state index contributed by atoms with van der Waals surface area (Å²) in [6.07, 6.45) is 5.45. The van der Waals surface area contributed by atoms with Gasteiger partial charge in [-0.1, -0.05) is 11.6 Å². The van der Waals surface area contributed by atoms with Crippen LogP contribution in [0.25, 0.3) is 0 Å². The molecule has 2 aromatic rings. The van der Waals surface area contributed by atoms with Crippen molar-refractivity contribution < 1.29 is 33.4 Å². The molecule has 0 aliphatic heterocycles. The third-order valence-corrected chi connectivity index (χ3v) is 8.41. The number of aromatic nitrogens is 2. The number of ether oxygens (including phenoxy) is 2. The van der Waals surface area contributed by atoms with Crippen LogP contribution in [0.2, 0.25) is 5.02 Å². The molecule has 12 heteroatoms. The van der Waals surface area contributed by atoms with Crippen molar-refractivity contribution in [1.82, 2.24) is 15.5 Å². The van der Waals surface area contributed by atoms with Crippen molar-refractivity contribution >= 4 is 35.2 Å². The zero-order chi connectivity index (χ0) is 27.7. The number of benzene rings is 1. The van der Waals surface area contributed by atoms with E-state index in [2.05, 4.69) is 20.8 Å². The van der Waals surface area contributed by atoms with Gasteiger partial charge in [-0.2, -0.15) is 5.10 Å². The van der Waals surface area contributed by atoms with E-state index >= 15 is 0 Å². The fourth-order valence-electron chi connectivity index (χ4n) is 6.30. The molecule has 0 unspecified atom stereocenters. The van der Waals surface area contributed by atoms with Crippen LogP contribution in [-0.4, -0.2) is 52.3 Å². The van der Waals surface area contributed by atoms with Crippen LogP contribution in [-0.2, 0) is 9.59 Å². The van der Waals surface area contributed by atoms with Gasteiger partial charge >= 0.3 is 5.97 Å². The number of anilines is 1. The molecule has 0 spiro atoms. The Morgan fingerprint density at radius 1 is 1.05 bits per heavy atom. The van der Waals surface area contributed by atoms with Gasteiger partial charge in [0.25, 0.3) is 5.91 Å². The zero-order valence-corrected chi connectivity index (χ0v) is 22.1. The van der Waals surface area contributed by atoms with Crippen LogP contribution >= 0.6 is 11.6 Å². The number of halogens is 2. The second-order valence-electron chi connectivity index (χ2n) is 10.5. The van der Waals surface area contributed by atoms with Crippen molar-refractivity contribution in [3.63, 3.8) is 0 Å². The average molecular weight is 561 g/mol. The summed E-state index contributed by atoms with van der Waals surface area (Å²) in [4.78, 5) is 38.0. The van der Waals surface area contributed by atoms with Gasteiger partial charge in [0.2, 0.25) is 5.91 Å². The number of rotatable bonds is 8. The van der Waals surface area contributed by atoms with Crippen LogP contribution in [0.5, 0.6) is 11.5 Å². The zero-order valence-electron chi connectivity index (χ0n) is 21.4. The fraction of sp³-hybridized carbons (Fsp3) is 0.519. The van der Waals surface area contributed by atoms with Gasteiger partial charge in [0.15, 0.2) is 17.4 Å². The Kier molecular flexibility index (Phi) is 7.88. The van der Waals surface area contributed by atoms with Crippen LogP contribution in [0.15, 0.2) is 24.4 Å². The monoisotopic (exact) mass is 560 g/mol. The number of carbonyl (C=O) groups is 3. The highest BCUT2D eigenvalue weighted by Gasteiger charge is 2.51. The maximum absolute atomic E-state index is 14.9. The maximum atomic E-state index is 14.9. The number of carboxylic acid groups (broad SMARTS) is 1. The quantitative estimate of drug-likeness (QED) is 0.439. The van der Waals surface area contributed by atoms with Gasteiger partial charge in [-0.15, -0.1) is 5.10 Å². The van der Waals surface area contributed by atoms with E-state index in [1.807, 2.05) is 0 Å². The van der Waals surface area contributed by atoms with Crippen molar-refractivity contribution in [2.24, 2.45) is 23.7 Å². The van der Waals surface area contributed by atoms with Crippen molar-refractivity contribution in [2.75, 3.05) is 12.4 Å². The first-order chi connectivity index (χ1) is 18.7. The second-order valence-corrected chi connectivity index (χ2v) is 11.0. The summed E-state index contributed by atoms with van der Waals surface area (Å²) in [6, 6.07) is 3.51. The highest BCUT2D eigenvalue weighted by Crippen LogP contribution is 2.49. The van der Waals surface area contributed by atoms with Crippen molar-refractivity contribution in [2.45, 2.75) is 57.1 Å². The summed E-state index contributed by atoms with van der Waals surface area (Å²) in [5.41, 5.74) is 0.0933. The smallest absolute Gasteiger partial charge is 0.306 e. The summed E-state index contributed by atoms with van der Waals surface area (Å²) >= 11 is 5.97. The second kappa shape index (κ2) is 11.3. The molecule has 4 atom stereocenters. The number of carbonyl (C=O) groups excluding carboxylic acids is 2. The molecule has 1 aromatic carbocycles. The summed E-state index contributed by atoms with van der Waals surface area (Å²) in [7, 11) is 1.35. The van der Waals surface area contributed by atoms with E-state index in [0.717, 1.165) is 25.3 Å². The van der Waals surface area contributed by atoms with Gasteiger partial charge in [0, 0.05) is 18.2 Å². The van der Waals surface area contributed by atoms with E-state index in [1.54, 1.807) is 0 Å². The number of hydrogen-bond donors (Lipinski definition) is 3. The fourth-order valence-corrected chi connectivity index (χ4v) is 6.44. The largest absolute Gasteiger partial charge is 0.496 e. The molecule has 2 bridgehead atoms. The third kappa shape index (κ3) is 5.78. The van der Waals surface area contributed by atoms with Crippen LogP contribution in [0.4, 0.5) is 10.2 Å². The Bertz CT molecular complexity index is 1270. The Morgan fingerprint density at radius 2 is 1.79 bits per heavy atom. The van der Waals surface area contributed by atoms with E-state index in [0.29, 0.717) is 30.7 Å². The molecule has 2 amide bonds. The summed E-state index contributed by atoms with van der Waals surface area (Å²) in [5.74, 6) is -2.74. The molecule has 10 nitrogen and oxygen atoms in total. The van der Waals surface area contributed by atoms with Gasteiger partial charge in [0.05, 0.1) is 41.8 Å². The van der Waals surface area contributed by atoms with Crippen LogP contribution in [0.1, 0.15) is 55.3 Å². The molecule has 0 radical (unpaired) electrons. The van der Waals surface area contributed by atoms with E-state index in [1.165, 1.54) is 25.4 Å². The minimum atomic E-state index is -0.837. The Hall–Kier alpha value is -3.47. The number of methoxy groups -OCH3 is 1. The van der Waals surface area contributed by atoms with E-state index in [9.17, 15) is 23.9 Å².